The molecule has 0 saturated carbocycles. The summed E-state index contributed by atoms with van der Waals surface area (Å²) >= 11 is 6.02. The third-order valence-corrected chi connectivity index (χ3v) is 6.00. The van der Waals surface area contributed by atoms with Gasteiger partial charge in [0.05, 0.1) is 16.9 Å². The maximum Gasteiger partial charge on any atom is 0.435 e. The third kappa shape index (κ3) is 4.71. The molecule has 5 rings (SSSR count). The Hall–Kier alpha value is -4.64. The van der Waals surface area contributed by atoms with Crippen LogP contribution >= 0.6 is 11.6 Å². The number of nitrogens with two attached hydrogens (primary N) is 1. The highest BCUT2D eigenvalue weighted by Gasteiger charge is 2.36. The van der Waals surface area contributed by atoms with Crippen LogP contribution in [0.4, 0.5) is 23.2 Å². The van der Waals surface area contributed by atoms with E-state index in [9.17, 15) is 18.0 Å². The van der Waals surface area contributed by atoms with E-state index in [0.29, 0.717) is 16.8 Å². The molecule has 0 saturated heterocycles. The molecule has 0 aliphatic carbocycles. The fraction of sp³-hybridized carbons (Fsp3) is 0.0385. The zero-order chi connectivity index (χ0) is 27.2. The normalized spacial score (nSPS) is 11.6. The minimum atomic E-state index is -4.84. The Morgan fingerprint density at radius 2 is 1.79 bits per heavy atom. The SMILES string of the molecule is N=C(N)c1cccc(-n2nc(C(F)(F)F)cc2C(=O)Nc2ccc(-n3ccc4cc(Cl)ccc43)cc2F)c1. The number of hydrogen-bond donors (Lipinski definition) is 3. The van der Waals surface area contributed by atoms with E-state index in [1.807, 2.05) is 6.07 Å². The van der Waals surface area contributed by atoms with Gasteiger partial charge in [0.2, 0.25) is 0 Å². The molecule has 0 aliphatic rings. The quantitative estimate of drug-likeness (QED) is 0.141. The second-order valence-electron chi connectivity index (χ2n) is 8.30. The number of benzene rings is 3. The zero-order valence-corrected chi connectivity index (χ0v) is 20.0. The van der Waals surface area contributed by atoms with Crippen molar-refractivity contribution in [1.82, 2.24) is 14.3 Å². The Morgan fingerprint density at radius 3 is 2.50 bits per heavy atom. The fourth-order valence-electron chi connectivity index (χ4n) is 3.96. The lowest BCUT2D eigenvalue weighted by molar-refractivity contribution is -0.141. The maximum absolute atomic E-state index is 15.1. The molecule has 0 spiro atoms. The van der Waals surface area contributed by atoms with Crippen LogP contribution in [0.25, 0.3) is 22.3 Å². The van der Waals surface area contributed by atoms with Crippen LogP contribution in [0.5, 0.6) is 0 Å². The van der Waals surface area contributed by atoms with Gasteiger partial charge in [0.1, 0.15) is 17.3 Å². The van der Waals surface area contributed by atoms with Gasteiger partial charge in [-0.2, -0.15) is 18.3 Å². The smallest absolute Gasteiger partial charge is 0.384 e. The molecule has 0 fully saturated rings. The molecule has 0 bridgehead atoms. The van der Waals surface area contributed by atoms with E-state index >= 15 is 4.39 Å². The van der Waals surface area contributed by atoms with Gasteiger partial charge in [-0.3, -0.25) is 10.2 Å². The molecule has 2 heterocycles. The number of nitrogens with one attached hydrogen (secondary N) is 2. The number of nitrogens with zero attached hydrogens (tertiary/aromatic N) is 3. The Labute approximate surface area is 217 Å². The Balaban J connectivity index is 1.49. The first kappa shape index (κ1) is 25.0. The number of amidine groups is 1. The van der Waals surface area contributed by atoms with Crippen molar-refractivity contribution in [1.29, 1.82) is 5.41 Å². The largest absolute Gasteiger partial charge is 0.435 e. The first-order chi connectivity index (χ1) is 18.0. The van der Waals surface area contributed by atoms with Crippen LogP contribution in [-0.4, -0.2) is 26.1 Å². The molecule has 0 unspecified atom stereocenters. The molecule has 38 heavy (non-hydrogen) atoms. The summed E-state index contributed by atoms with van der Waals surface area (Å²) < 4.78 is 57.9. The van der Waals surface area contributed by atoms with Crippen molar-refractivity contribution >= 4 is 39.9 Å². The summed E-state index contributed by atoms with van der Waals surface area (Å²) in [7, 11) is 0. The summed E-state index contributed by atoms with van der Waals surface area (Å²) in [4.78, 5) is 13.0. The van der Waals surface area contributed by atoms with Gasteiger partial charge in [0, 0.05) is 40.0 Å². The second kappa shape index (κ2) is 9.34. The fourth-order valence-corrected chi connectivity index (χ4v) is 4.14. The van der Waals surface area contributed by atoms with Crippen LogP contribution in [0.1, 0.15) is 21.7 Å². The van der Waals surface area contributed by atoms with Gasteiger partial charge < -0.3 is 15.6 Å². The van der Waals surface area contributed by atoms with Crippen LogP contribution < -0.4 is 11.1 Å². The van der Waals surface area contributed by atoms with Crippen molar-refractivity contribution < 1.29 is 22.4 Å². The molecule has 12 heteroatoms. The summed E-state index contributed by atoms with van der Waals surface area (Å²) in [5.41, 5.74) is 4.96. The predicted molar refractivity (Wildman–Crippen MR) is 136 cm³/mol. The molecule has 0 radical (unpaired) electrons. The summed E-state index contributed by atoms with van der Waals surface area (Å²) in [6.45, 7) is 0. The van der Waals surface area contributed by atoms with Crippen molar-refractivity contribution in [3.8, 4) is 11.4 Å². The first-order valence-corrected chi connectivity index (χ1v) is 11.4. The van der Waals surface area contributed by atoms with Gasteiger partial charge >= 0.3 is 6.18 Å². The van der Waals surface area contributed by atoms with Crippen LogP contribution in [0, 0.1) is 11.2 Å². The van der Waals surface area contributed by atoms with Gasteiger partial charge in [-0.05, 0) is 48.5 Å². The molecule has 3 aromatic carbocycles. The van der Waals surface area contributed by atoms with E-state index in [1.54, 1.807) is 35.0 Å². The Morgan fingerprint density at radius 1 is 1.00 bits per heavy atom. The van der Waals surface area contributed by atoms with Crippen molar-refractivity contribution in [3.63, 3.8) is 0 Å². The standard InChI is InChI=1S/C26H17ClF4N6O/c27-16-4-7-21-14(10-16)8-9-36(21)17-5-6-20(19(28)12-17)34-25(38)22-13-23(26(29,30)31)35-37(22)18-3-1-2-15(11-18)24(32)33/h1-13H,(H3,32,33)(H,34,38). The first-order valence-electron chi connectivity index (χ1n) is 11.0. The minimum absolute atomic E-state index is 0.0637. The highest BCUT2D eigenvalue weighted by Crippen LogP contribution is 2.31. The number of carbonyl (C=O) groups excluding carboxylic acids is 1. The van der Waals surface area contributed by atoms with E-state index in [0.717, 1.165) is 15.6 Å². The van der Waals surface area contributed by atoms with Gasteiger partial charge in [0.25, 0.3) is 5.91 Å². The molecule has 1 amide bonds. The number of hydrogen-bond acceptors (Lipinski definition) is 3. The number of alkyl halides is 3. The van der Waals surface area contributed by atoms with E-state index in [1.165, 1.54) is 36.4 Å². The lowest BCUT2D eigenvalue weighted by atomic mass is 10.2. The molecule has 2 aromatic heterocycles. The highest BCUT2D eigenvalue weighted by molar-refractivity contribution is 6.31. The number of rotatable bonds is 5. The number of aromatic nitrogens is 3. The monoisotopic (exact) mass is 540 g/mol. The molecular weight excluding hydrogens is 524 g/mol. The number of carbonyl (C=O) groups is 1. The molecular formula is C26H17ClF4N6O. The van der Waals surface area contributed by atoms with Gasteiger partial charge in [-0.25, -0.2) is 9.07 Å². The Bertz CT molecular complexity index is 1720. The summed E-state index contributed by atoms with van der Waals surface area (Å²) in [5, 5.41) is 14.8. The van der Waals surface area contributed by atoms with Gasteiger partial charge in [0.15, 0.2) is 5.69 Å². The van der Waals surface area contributed by atoms with Gasteiger partial charge in [-0.15, -0.1) is 0 Å². The van der Waals surface area contributed by atoms with E-state index in [-0.39, 0.29) is 22.8 Å². The van der Waals surface area contributed by atoms with Crippen molar-refractivity contribution in [2.24, 2.45) is 5.73 Å². The average molecular weight is 541 g/mol. The number of amides is 1. The van der Waals surface area contributed by atoms with Crippen LogP contribution in [0.3, 0.4) is 0 Å². The summed E-state index contributed by atoms with van der Waals surface area (Å²) in [5.74, 6) is -2.14. The predicted octanol–water partition coefficient (Wildman–Crippen LogP) is 6.16. The van der Waals surface area contributed by atoms with Crippen LogP contribution in [-0.2, 0) is 6.18 Å². The highest BCUT2D eigenvalue weighted by atomic mass is 35.5. The van der Waals surface area contributed by atoms with E-state index in [4.69, 9.17) is 22.7 Å². The number of nitrogen functional groups attached to an aromatic ring is 1. The summed E-state index contributed by atoms with van der Waals surface area (Å²) in [6.07, 6.45) is -3.10. The maximum atomic E-state index is 15.1. The Kier molecular flexibility index (Phi) is 6.15. The number of halogens is 5. The van der Waals surface area contributed by atoms with E-state index < -0.39 is 29.3 Å². The molecule has 5 aromatic rings. The molecule has 192 valence electrons. The van der Waals surface area contributed by atoms with Crippen molar-refractivity contribution in [3.05, 3.63) is 107 Å². The minimum Gasteiger partial charge on any atom is -0.384 e. The zero-order valence-electron chi connectivity index (χ0n) is 19.2. The van der Waals surface area contributed by atoms with Gasteiger partial charge in [-0.1, -0.05) is 23.7 Å². The number of fused-ring (bicyclic) bond motifs is 1. The second-order valence-corrected chi connectivity index (χ2v) is 8.73. The van der Waals surface area contributed by atoms with Crippen molar-refractivity contribution in [2.45, 2.75) is 6.18 Å². The van der Waals surface area contributed by atoms with Crippen LogP contribution in [0.15, 0.2) is 79.0 Å². The molecule has 0 aliphatic heterocycles. The molecule has 7 nitrogen and oxygen atoms in total. The molecule has 4 N–H and O–H groups in total. The summed E-state index contributed by atoms with van der Waals surface area (Å²) in [6, 6.07) is 17.4. The third-order valence-electron chi connectivity index (χ3n) is 5.77. The lowest BCUT2D eigenvalue weighted by Gasteiger charge is -2.12. The lowest BCUT2D eigenvalue weighted by Crippen LogP contribution is -2.18. The topological polar surface area (TPSA) is 102 Å². The number of anilines is 1. The van der Waals surface area contributed by atoms with Crippen LogP contribution in [0.2, 0.25) is 5.02 Å². The van der Waals surface area contributed by atoms with E-state index in [2.05, 4.69) is 10.4 Å². The van der Waals surface area contributed by atoms with Crippen molar-refractivity contribution in [2.75, 3.05) is 5.32 Å². The average Bonchev–Trinajstić information content (AvgIpc) is 3.50. The molecule has 0 atom stereocenters.